The quantitative estimate of drug-likeness (QED) is 0.423. The van der Waals surface area contributed by atoms with E-state index in [0.29, 0.717) is 11.9 Å². The molecule has 0 unspecified atom stereocenters. The number of aryl methyl sites for hydroxylation is 2. The number of non-ortho nitro benzene ring substituents is 1. The van der Waals surface area contributed by atoms with Gasteiger partial charge in [-0.05, 0) is 38.1 Å². The van der Waals surface area contributed by atoms with Gasteiger partial charge in [-0.25, -0.2) is 0 Å². The number of nitro benzene ring substituents is 1. The van der Waals surface area contributed by atoms with E-state index in [2.05, 4.69) is 10.2 Å². The second-order valence-electron chi connectivity index (χ2n) is 5.75. The van der Waals surface area contributed by atoms with Crippen LogP contribution in [0.3, 0.4) is 0 Å². The van der Waals surface area contributed by atoms with E-state index in [-0.39, 0.29) is 22.8 Å². The first-order valence-corrected chi connectivity index (χ1v) is 7.94. The van der Waals surface area contributed by atoms with Crippen LogP contribution in [-0.2, 0) is 6.54 Å². The Bertz CT molecular complexity index is 1040. The Morgan fingerprint density at radius 2 is 1.92 bits per heavy atom. The smallest absolute Gasteiger partial charge is 0.295 e. The van der Waals surface area contributed by atoms with Crippen molar-refractivity contribution in [1.29, 1.82) is 0 Å². The predicted molar refractivity (Wildman–Crippen MR) is 96.0 cm³/mol. The van der Waals surface area contributed by atoms with Gasteiger partial charge in [-0.2, -0.15) is 0 Å². The van der Waals surface area contributed by atoms with Crippen molar-refractivity contribution in [3.05, 3.63) is 63.7 Å². The van der Waals surface area contributed by atoms with Crippen molar-refractivity contribution >= 4 is 28.2 Å². The highest BCUT2D eigenvalue weighted by molar-refractivity contribution is 5.97. The van der Waals surface area contributed by atoms with Gasteiger partial charge in [0.1, 0.15) is 0 Å². The molecule has 1 amide bonds. The van der Waals surface area contributed by atoms with Gasteiger partial charge in [0.15, 0.2) is 5.69 Å². The fraction of sp³-hybridized carbons (Fsp3) is 0.167. The summed E-state index contributed by atoms with van der Waals surface area (Å²) >= 11 is 0. The minimum atomic E-state index is -0.649. The summed E-state index contributed by atoms with van der Waals surface area (Å²) in [5.74, 6) is -0.710. The lowest BCUT2D eigenvalue weighted by Crippen LogP contribution is -1.94. The minimum Gasteiger partial charge on any atom is -0.493 e. The predicted octanol–water partition coefficient (Wildman–Crippen LogP) is 4.51. The molecule has 1 aromatic heterocycles. The molecule has 1 heterocycles. The van der Waals surface area contributed by atoms with Gasteiger partial charge in [0.25, 0.3) is 11.6 Å². The van der Waals surface area contributed by atoms with Gasteiger partial charge in [0.05, 0.1) is 10.4 Å². The van der Waals surface area contributed by atoms with E-state index in [1.54, 1.807) is 4.57 Å². The molecule has 0 aliphatic heterocycles. The molecule has 3 aromatic rings. The normalized spacial score (nSPS) is 11.3. The van der Waals surface area contributed by atoms with Crippen LogP contribution in [0.5, 0.6) is 5.88 Å². The van der Waals surface area contributed by atoms with Crippen LogP contribution in [0.4, 0.5) is 11.4 Å². The molecule has 26 heavy (non-hydrogen) atoms. The van der Waals surface area contributed by atoms with E-state index in [4.69, 9.17) is 0 Å². The summed E-state index contributed by atoms with van der Waals surface area (Å²) in [6.45, 7) is 4.35. The summed E-state index contributed by atoms with van der Waals surface area (Å²) in [6, 6.07) is 10.8. The third-order valence-corrected chi connectivity index (χ3v) is 4.05. The van der Waals surface area contributed by atoms with E-state index in [0.717, 1.165) is 11.1 Å². The van der Waals surface area contributed by atoms with Gasteiger partial charge in [-0.3, -0.25) is 14.9 Å². The molecule has 132 valence electrons. The molecule has 0 fully saturated rings. The highest BCUT2D eigenvalue weighted by Crippen LogP contribution is 2.39. The van der Waals surface area contributed by atoms with E-state index in [9.17, 15) is 20.0 Å². The number of rotatable bonds is 4. The summed E-state index contributed by atoms with van der Waals surface area (Å²) in [5.41, 5.74) is 2.07. The average molecular weight is 352 g/mol. The molecular formula is C18H16N4O4. The zero-order valence-corrected chi connectivity index (χ0v) is 14.2. The maximum Gasteiger partial charge on any atom is 0.295 e. The van der Waals surface area contributed by atoms with Crippen molar-refractivity contribution in [2.45, 2.75) is 20.4 Å². The number of carbonyl (C=O) groups is 1. The van der Waals surface area contributed by atoms with Crippen LogP contribution in [0, 0.1) is 17.0 Å². The van der Waals surface area contributed by atoms with Crippen molar-refractivity contribution in [2.75, 3.05) is 0 Å². The Labute approximate surface area is 148 Å². The number of azo groups is 1. The number of nitrogens with zero attached hydrogens (tertiary/aromatic N) is 4. The van der Waals surface area contributed by atoms with Gasteiger partial charge in [0.2, 0.25) is 5.88 Å². The molecule has 1 N–H and O–H groups in total. The Morgan fingerprint density at radius 1 is 1.23 bits per heavy atom. The molecule has 2 aromatic carbocycles. The van der Waals surface area contributed by atoms with Gasteiger partial charge in [-0.15, -0.1) is 10.2 Å². The van der Waals surface area contributed by atoms with Crippen LogP contribution in [0.2, 0.25) is 0 Å². The topological polar surface area (TPSA) is 110 Å². The summed E-state index contributed by atoms with van der Waals surface area (Å²) in [4.78, 5) is 22.3. The van der Waals surface area contributed by atoms with E-state index < -0.39 is 10.8 Å². The number of hydrogen-bond donors (Lipinski definition) is 1. The van der Waals surface area contributed by atoms with Gasteiger partial charge in [-0.1, -0.05) is 11.6 Å². The lowest BCUT2D eigenvalue weighted by molar-refractivity contribution is -0.384. The molecule has 0 bridgehead atoms. The zero-order valence-electron chi connectivity index (χ0n) is 14.2. The van der Waals surface area contributed by atoms with E-state index in [1.165, 1.54) is 24.3 Å². The van der Waals surface area contributed by atoms with Crippen LogP contribution in [-0.4, -0.2) is 20.5 Å². The number of aromatic nitrogens is 1. The fourth-order valence-electron chi connectivity index (χ4n) is 2.73. The number of nitro groups is 1. The van der Waals surface area contributed by atoms with Crippen molar-refractivity contribution in [2.24, 2.45) is 10.2 Å². The second-order valence-corrected chi connectivity index (χ2v) is 5.75. The first kappa shape index (κ1) is 17.3. The van der Waals surface area contributed by atoms with Crippen LogP contribution in [0.15, 0.2) is 52.7 Å². The largest absolute Gasteiger partial charge is 0.493 e. The van der Waals surface area contributed by atoms with Crippen LogP contribution >= 0.6 is 0 Å². The van der Waals surface area contributed by atoms with E-state index in [1.807, 2.05) is 32.0 Å². The molecule has 3 rings (SSSR count). The van der Waals surface area contributed by atoms with Gasteiger partial charge < -0.3 is 9.67 Å². The number of hydrogen-bond acceptors (Lipinski definition) is 5. The summed E-state index contributed by atoms with van der Waals surface area (Å²) in [5, 5.41) is 29.4. The van der Waals surface area contributed by atoms with Gasteiger partial charge >= 0.3 is 0 Å². The SMILES string of the molecule is CCn1c(O)c(N=NC(=O)c2ccc([N+](=O)[O-])cc2)c2cc(C)ccc21. The molecule has 0 aliphatic carbocycles. The highest BCUT2D eigenvalue weighted by Gasteiger charge is 2.16. The average Bonchev–Trinajstić information content (AvgIpc) is 2.89. The Balaban J connectivity index is 1.97. The van der Waals surface area contributed by atoms with Gasteiger partial charge in [0, 0.05) is 29.6 Å². The second kappa shape index (κ2) is 6.75. The molecular weight excluding hydrogens is 336 g/mol. The number of carbonyl (C=O) groups excluding carboxylic acids is 1. The maximum atomic E-state index is 12.2. The van der Waals surface area contributed by atoms with Crippen molar-refractivity contribution < 1.29 is 14.8 Å². The highest BCUT2D eigenvalue weighted by atomic mass is 16.6. The number of fused-ring (bicyclic) bond motifs is 1. The third kappa shape index (κ3) is 3.04. The maximum absolute atomic E-state index is 12.2. The standard InChI is InChI=1S/C18H16N4O4/c1-3-21-15-9-4-11(2)10-14(15)16(18(21)24)19-20-17(23)12-5-7-13(8-6-12)22(25)26/h4-10,24H,3H2,1-2H3. The van der Waals surface area contributed by atoms with Crippen LogP contribution in [0.1, 0.15) is 22.8 Å². The zero-order chi connectivity index (χ0) is 18.8. The van der Waals surface area contributed by atoms with Crippen molar-refractivity contribution in [1.82, 2.24) is 4.57 Å². The third-order valence-electron chi connectivity index (χ3n) is 4.05. The Kier molecular flexibility index (Phi) is 4.49. The number of amides is 1. The minimum absolute atomic E-state index is 0.0617. The summed E-state index contributed by atoms with van der Waals surface area (Å²) < 4.78 is 1.68. The number of benzene rings is 2. The Hall–Kier alpha value is -3.55. The van der Waals surface area contributed by atoms with E-state index >= 15 is 0 Å². The lowest BCUT2D eigenvalue weighted by atomic mass is 10.1. The molecule has 0 aliphatic rings. The molecule has 8 heteroatoms. The monoisotopic (exact) mass is 352 g/mol. The van der Waals surface area contributed by atoms with Crippen LogP contribution < -0.4 is 0 Å². The molecule has 0 saturated carbocycles. The van der Waals surface area contributed by atoms with Crippen molar-refractivity contribution in [3.63, 3.8) is 0 Å². The molecule has 8 nitrogen and oxygen atoms in total. The first-order valence-electron chi connectivity index (χ1n) is 7.94. The number of aromatic hydroxyl groups is 1. The molecule has 0 spiro atoms. The lowest BCUT2D eigenvalue weighted by Gasteiger charge is -2.01. The van der Waals surface area contributed by atoms with Crippen LogP contribution in [0.25, 0.3) is 10.9 Å². The Morgan fingerprint density at radius 3 is 2.54 bits per heavy atom. The summed E-state index contributed by atoms with van der Waals surface area (Å²) in [7, 11) is 0. The fourth-order valence-corrected chi connectivity index (χ4v) is 2.73. The molecule has 0 radical (unpaired) electrons. The molecule has 0 saturated heterocycles. The summed E-state index contributed by atoms with van der Waals surface area (Å²) in [6.07, 6.45) is 0. The van der Waals surface area contributed by atoms with Crippen molar-refractivity contribution in [3.8, 4) is 5.88 Å². The molecule has 0 atom stereocenters. The first-order chi connectivity index (χ1) is 12.4.